The van der Waals surface area contributed by atoms with E-state index in [1.165, 1.54) is 5.56 Å². The van der Waals surface area contributed by atoms with Crippen LogP contribution in [0, 0.1) is 5.92 Å². The van der Waals surface area contributed by atoms with Gasteiger partial charge >= 0.3 is 5.97 Å². The summed E-state index contributed by atoms with van der Waals surface area (Å²) in [6.07, 6.45) is 4.19. The van der Waals surface area contributed by atoms with Crippen LogP contribution in [0.2, 0.25) is 0 Å². The van der Waals surface area contributed by atoms with Gasteiger partial charge in [-0.15, -0.1) is 0 Å². The van der Waals surface area contributed by atoms with Gasteiger partial charge in [0.2, 0.25) is 5.76 Å². The first-order valence-corrected chi connectivity index (χ1v) is 9.57. The standard InChI is InChI=1S/C22H22N2O4/c25-20(26)13-14-5-7-15(8-6-14)16-9-11-17(12-10-16)23-22(27)21-18-3-1-2-4-19(18)24-28-21/h1-4,9-12,14-15H,5-8,13H2,(H,23,27)(H,25,26)/t14-,15-. The number of nitrogens with zero attached hydrogens (tertiary/aromatic N) is 1. The van der Waals surface area contributed by atoms with E-state index in [2.05, 4.69) is 10.5 Å². The van der Waals surface area contributed by atoms with Gasteiger partial charge in [-0.1, -0.05) is 29.4 Å². The first-order valence-electron chi connectivity index (χ1n) is 9.57. The summed E-state index contributed by atoms with van der Waals surface area (Å²) < 4.78 is 5.20. The van der Waals surface area contributed by atoms with E-state index >= 15 is 0 Å². The van der Waals surface area contributed by atoms with Gasteiger partial charge in [-0.25, -0.2) is 0 Å². The minimum atomic E-state index is -0.705. The highest BCUT2D eigenvalue weighted by molar-refractivity contribution is 6.10. The number of carbonyl (C=O) groups excluding carboxylic acids is 1. The van der Waals surface area contributed by atoms with Gasteiger partial charge in [-0.3, -0.25) is 9.59 Å². The maximum Gasteiger partial charge on any atom is 0.303 e. The predicted octanol–water partition coefficient (Wildman–Crippen LogP) is 4.83. The summed E-state index contributed by atoms with van der Waals surface area (Å²) >= 11 is 0. The van der Waals surface area contributed by atoms with Crippen molar-refractivity contribution in [2.75, 3.05) is 5.32 Å². The number of aromatic nitrogens is 1. The predicted molar refractivity (Wildman–Crippen MR) is 105 cm³/mol. The molecule has 6 nitrogen and oxygen atoms in total. The number of hydrogen-bond donors (Lipinski definition) is 2. The van der Waals surface area contributed by atoms with E-state index in [9.17, 15) is 9.59 Å². The maximum atomic E-state index is 12.5. The number of anilines is 1. The lowest BCUT2D eigenvalue weighted by Crippen LogP contribution is -2.16. The number of carboxylic acid groups (broad SMARTS) is 1. The van der Waals surface area contributed by atoms with Crippen LogP contribution in [0.3, 0.4) is 0 Å². The first kappa shape index (κ1) is 18.2. The molecule has 1 aliphatic carbocycles. The van der Waals surface area contributed by atoms with Crippen molar-refractivity contribution in [1.82, 2.24) is 5.16 Å². The molecule has 1 aromatic heterocycles. The number of nitrogens with one attached hydrogen (secondary N) is 1. The molecule has 2 aromatic carbocycles. The molecule has 0 radical (unpaired) electrons. The number of aliphatic carboxylic acids is 1. The highest BCUT2D eigenvalue weighted by atomic mass is 16.5. The molecule has 1 aliphatic rings. The summed E-state index contributed by atoms with van der Waals surface area (Å²) in [4.78, 5) is 23.4. The Morgan fingerprint density at radius 2 is 1.75 bits per heavy atom. The fourth-order valence-corrected chi connectivity index (χ4v) is 4.03. The largest absolute Gasteiger partial charge is 0.481 e. The van der Waals surface area contributed by atoms with E-state index in [4.69, 9.17) is 9.63 Å². The van der Waals surface area contributed by atoms with Crippen LogP contribution in [0.1, 0.15) is 54.1 Å². The molecule has 0 unspecified atom stereocenters. The third-order valence-electron chi connectivity index (χ3n) is 5.54. The monoisotopic (exact) mass is 378 g/mol. The van der Waals surface area contributed by atoms with Gasteiger partial charge in [0.15, 0.2) is 0 Å². The summed E-state index contributed by atoms with van der Waals surface area (Å²) in [6, 6.07) is 15.2. The Bertz CT molecular complexity index is 985. The molecule has 0 bridgehead atoms. The van der Waals surface area contributed by atoms with Gasteiger partial charge in [-0.05, 0) is 67.3 Å². The van der Waals surface area contributed by atoms with Crippen LogP contribution in [-0.2, 0) is 4.79 Å². The number of hydrogen-bond acceptors (Lipinski definition) is 4. The van der Waals surface area contributed by atoms with Crippen LogP contribution in [0.5, 0.6) is 0 Å². The van der Waals surface area contributed by atoms with Crippen LogP contribution < -0.4 is 5.32 Å². The molecule has 3 aromatic rings. The average Bonchev–Trinajstić information content (AvgIpc) is 3.13. The zero-order valence-corrected chi connectivity index (χ0v) is 15.4. The van der Waals surface area contributed by atoms with Crippen molar-refractivity contribution in [3.63, 3.8) is 0 Å². The van der Waals surface area contributed by atoms with Crippen molar-refractivity contribution in [1.29, 1.82) is 0 Å². The molecule has 2 N–H and O–H groups in total. The van der Waals surface area contributed by atoms with Crippen molar-refractivity contribution in [3.8, 4) is 0 Å². The molecule has 1 amide bonds. The van der Waals surface area contributed by atoms with E-state index in [1.54, 1.807) is 6.07 Å². The summed E-state index contributed by atoms with van der Waals surface area (Å²) in [7, 11) is 0. The van der Waals surface area contributed by atoms with E-state index < -0.39 is 5.97 Å². The number of amides is 1. The Morgan fingerprint density at radius 3 is 2.46 bits per heavy atom. The molecule has 4 rings (SSSR count). The third kappa shape index (κ3) is 3.91. The zero-order chi connectivity index (χ0) is 19.5. The van der Waals surface area contributed by atoms with Gasteiger partial charge in [0.1, 0.15) is 5.52 Å². The van der Waals surface area contributed by atoms with Gasteiger partial charge in [-0.2, -0.15) is 0 Å². The Hall–Kier alpha value is -3.15. The molecule has 1 fully saturated rings. The van der Waals surface area contributed by atoms with Crippen LogP contribution >= 0.6 is 0 Å². The second-order valence-electron chi connectivity index (χ2n) is 7.42. The minimum absolute atomic E-state index is 0.205. The smallest absolute Gasteiger partial charge is 0.303 e. The van der Waals surface area contributed by atoms with Crippen molar-refractivity contribution < 1.29 is 19.2 Å². The van der Waals surface area contributed by atoms with Gasteiger partial charge in [0.05, 0.1) is 5.39 Å². The quantitative estimate of drug-likeness (QED) is 0.663. The minimum Gasteiger partial charge on any atom is -0.481 e. The highest BCUT2D eigenvalue weighted by Gasteiger charge is 2.24. The van der Waals surface area contributed by atoms with Crippen molar-refractivity contribution in [2.45, 2.75) is 38.0 Å². The van der Waals surface area contributed by atoms with Crippen LogP contribution in [0.15, 0.2) is 53.1 Å². The van der Waals surface area contributed by atoms with Crippen LogP contribution in [-0.4, -0.2) is 22.1 Å². The Morgan fingerprint density at radius 1 is 1.04 bits per heavy atom. The Labute approximate surface area is 162 Å². The summed E-state index contributed by atoms with van der Waals surface area (Å²) in [5, 5.41) is 16.4. The fourth-order valence-electron chi connectivity index (χ4n) is 4.03. The normalized spacial score (nSPS) is 19.4. The zero-order valence-electron chi connectivity index (χ0n) is 15.4. The first-order chi connectivity index (χ1) is 13.6. The topological polar surface area (TPSA) is 92.4 Å². The molecule has 6 heteroatoms. The molecule has 1 saturated carbocycles. The summed E-state index contributed by atoms with van der Waals surface area (Å²) in [6.45, 7) is 0. The van der Waals surface area contributed by atoms with E-state index in [1.807, 2.05) is 42.5 Å². The van der Waals surface area contributed by atoms with Gasteiger partial charge < -0.3 is 14.9 Å². The molecule has 144 valence electrons. The number of carbonyl (C=O) groups is 2. The Balaban J connectivity index is 1.38. The molecule has 1 heterocycles. The fraction of sp³-hybridized carbons (Fsp3) is 0.318. The lowest BCUT2D eigenvalue weighted by Gasteiger charge is -2.28. The van der Waals surface area contributed by atoms with Crippen molar-refractivity contribution >= 4 is 28.5 Å². The maximum absolute atomic E-state index is 12.5. The molecule has 28 heavy (non-hydrogen) atoms. The summed E-state index contributed by atoms with van der Waals surface area (Å²) in [5.41, 5.74) is 2.59. The van der Waals surface area contributed by atoms with Gasteiger partial charge in [0.25, 0.3) is 5.91 Å². The lowest BCUT2D eigenvalue weighted by molar-refractivity contribution is -0.138. The van der Waals surface area contributed by atoms with Gasteiger partial charge in [0, 0.05) is 12.1 Å². The Kier molecular flexibility index (Phi) is 5.10. The SMILES string of the molecule is O=C(O)C[C@H]1CC[C@H](c2ccc(NC(=O)c3onc4ccccc34)cc2)CC1. The number of carboxylic acids is 1. The lowest BCUT2D eigenvalue weighted by atomic mass is 9.77. The molecule has 0 saturated heterocycles. The van der Waals surface area contributed by atoms with E-state index in [-0.39, 0.29) is 18.1 Å². The second-order valence-corrected chi connectivity index (χ2v) is 7.42. The van der Waals surface area contributed by atoms with Crippen LogP contribution in [0.25, 0.3) is 10.9 Å². The third-order valence-corrected chi connectivity index (χ3v) is 5.54. The van der Waals surface area contributed by atoms with E-state index in [0.29, 0.717) is 28.4 Å². The molecular weight excluding hydrogens is 356 g/mol. The average molecular weight is 378 g/mol. The number of rotatable bonds is 5. The van der Waals surface area contributed by atoms with E-state index in [0.717, 1.165) is 25.7 Å². The molecule has 0 atom stereocenters. The number of benzene rings is 2. The van der Waals surface area contributed by atoms with Crippen molar-refractivity contribution in [3.05, 3.63) is 59.9 Å². The molecule has 0 spiro atoms. The second kappa shape index (κ2) is 7.84. The highest BCUT2D eigenvalue weighted by Crippen LogP contribution is 2.37. The van der Waals surface area contributed by atoms with Crippen LogP contribution in [0.4, 0.5) is 5.69 Å². The van der Waals surface area contributed by atoms with Crippen molar-refractivity contribution in [2.24, 2.45) is 5.92 Å². The molecular formula is C22H22N2O4. The summed E-state index contributed by atoms with van der Waals surface area (Å²) in [5.74, 6) is -0.0767. The number of fused-ring (bicyclic) bond motifs is 1. The molecule has 0 aliphatic heterocycles.